The van der Waals surface area contributed by atoms with Crippen LogP contribution in [0.5, 0.6) is 0 Å². The van der Waals surface area contributed by atoms with E-state index in [2.05, 4.69) is 15.6 Å². The smallest absolute Gasteiger partial charge is 0.250 e. The van der Waals surface area contributed by atoms with Gasteiger partial charge in [0.2, 0.25) is 5.91 Å². The minimum absolute atomic E-state index is 0.0402. The highest BCUT2D eigenvalue weighted by Gasteiger charge is 2.11. The number of anilines is 2. The zero-order chi connectivity index (χ0) is 17.2. The molecule has 0 saturated carbocycles. The quantitative estimate of drug-likeness (QED) is 0.502. The first-order valence-corrected chi connectivity index (χ1v) is 8.85. The van der Waals surface area contributed by atoms with Crippen LogP contribution >= 0.6 is 11.6 Å². The number of carbonyl (C=O) groups is 1. The standard InChI is InChI=1S/C18H24ClN3O2/c1-2-24-13-17(23)22-16-12-21-15-9-5-4-8-14(15)18(16)20-11-7-3-6-10-19/h4-5,8-9,12H,2-3,6-7,10-11,13H2,1H3,(H,20,21)(H,22,23). The molecule has 0 atom stereocenters. The van der Waals surface area contributed by atoms with Crippen LogP contribution in [-0.2, 0) is 9.53 Å². The van der Waals surface area contributed by atoms with Crippen LogP contribution in [0.1, 0.15) is 26.2 Å². The van der Waals surface area contributed by atoms with Gasteiger partial charge in [-0.3, -0.25) is 9.78 Å². The highest BCUT2D eigenvalue weighted by atomic mass is 35.5. The van der Waals surface area contributed by atoms with Crippen molar-refractivity contribution in [3.05, 3.63) is 30.5 Å². The number of hydrogen-bond acceptors (Lipinski definition) is 4. The van der Waals surface area contributed by atoms with Crippen molar-refractivity contribution < 1.29 is 9.53 Å². The minimum Gasteiger partial charge on any atom is -0.383 e. The third-order valence-electron chi connectivity index (χ3n) is 3.60. The molecule has 0 saturated heterocycles. The summed E-state index contributed by atoms with van der Waals surface area (Å²) in [6.45, 7) is 3.23. The van der Waals surface area contributed by atoms with Gasteiger partial charge in [0.05, 0.1) is 23.1 Å². The monoisotopic (exact) mass is 349 g/mol. The van der Waals surface area contributed by atoms with Gasteiger partial charge in [0.25, 0.3) is 0 Å². The molecule has 2 rings (SSSR count). The predicted octanol–water partition coefficient (Wildman–Crippen LogP) is 4.03. The van der Waals surface area contributed by atoms with E-state index in [0.29, 0.717) is 18.2 Å². The largest absolute Gasteiger partial charge is 0.383 e. The van der Waals surface area contributed by atoms with Crippen molar-refractivity contribution in [1.29, 1.82) is 0 Å². The molecule has 0 fully saturated rings. The number of pyridine rings is 1. The molecular weight excluding hydrogens is 326 g/mol. The number of carbonyl (C=O) groups excluding carboxylic acids is 1. The Bertz CT molecular complexity index is 664. The molecule has 0 bridgehead atoms. The topological polar surface area (TPSA) is 63.2 Å². The second-order valence-corrected chi connectivity index (χ2v) is 5.80. The Kier molecular flexibility index (Phi) is 7.79. The van der Waals surface area contributed by atoms with Crippen molar-refractivity contribution in [2.45, 2.75) is 26.2 Å². The van der Waals surface area contributed by atoms with Gasteiger partial charge in [0.1, 0.15) is 6.61 Å². The van der Waals surface area contributed by atoms with Crippen LogP contribution in [0.15, 0.2) is 30.5 Å². The maximum absolute atomic E-state index is 12.0. The lowest BCUT2D eigenvalue weighted by Crippen LogP contribution is -2.19. The zero-order valence-corrected chi connectivity index (χ0v) is 14.7. The summed E-state index contributed by atoms with van der Waals surface area (Å²) in [4.78, 5) is 16.4. The summed E-state index contributed by atoms with van der Waals surface area (Å²) in [6, 6.07) is 7.88. The van der Waals surface area contributed by atoms with Gasteiger partial charge >= 0.3 is 0 Å². The van der Waals surface area contributed by atoms with E-state index in [0.717, 1.165) is 42.4 Å². The van der Waals surface area contributed by atoms with Crippen molar-refractivity contribution in [1.82, 2.24) is 4.98 Å². The van der Waals surface area contributed by atoms with Crippen LogP contribution in [0.3, 0.4) is 0 Å². The predicted molar refractivity (Wildman–Crippen MR) is 99.9 cm³/mol. The third kappa shape index (κ3) is 5.35. The van der Waals surface area contributed by atoms with Crippen molar-refractivity contribution >= 4 is 39.8 Å². The number of nitrogens with one attached hydrogen (secondary N) is 2. The minimum atomic E-state index is -0.181. The molecule has 2 aromatic rings. The lowest BCUT2D eigenvalue weighted by atomic mass is 10.1. The van der Waals surface area contributed by atoms with Crippen LogP contribution in [0.25, 0.3) is 10.9 Å². The van der Waals surface area contributed by atoms with Crippen LogP contribution in [-0.4, -0.2) is 36.5 Å². The van der Waals surface area contributed by atoms with E-state index in [1.165, 1.54) is 0 Å². The fourth-order valence-corrected chi connectivity index (χ4v) is 2.61. The van der Waals surface area contributed by atoms with Crippen LogP contribution in [0, 0.1) is 0 Å². The van der Waals surface area contributed by atoms with Gasteiger partial charge in [0, 0.05) is 24.4 Å². The number of para-hydroxylation sites is 1. The van der Waals surface area contributed by atoms with Crippen molar-refractivity contribution in [3.63, 3.8) is 0 Å². The Labute approximate surface area is 147 Å². The number of ether oxygens (including phenoxy) is 1. The van der Waals surface area contributed by atoms with Crippen LogP contribution in [0.2, 0.25) is 0 Å². The average molecular weight is 350 g/mol. The van der Waals surface area contributed by atoms with Crippen molar-refractivity contribution in [2.24, 2.45) is 0 Å². The number of unbranched alkanes of at least 4 members (excludes halogenated alkanes) is 2. The Balaban J connectivity index is 2.15. The van der Waals surface area contributed by atoms with Gasteiger partial charge in [-0.25, -0.2) is 0 Å². The van der Waals surface area contributed by atoms with Gasteiger partial charge in [0.15, 0.2) is 0 Å². The Morgan fingerprint density at radius 3 is 2.88 bits per heavy atom. The summed E-state index contributed by atoms with van der Waals surface area (Å²) in [5.41, 5.74) is 2.47. The molecule has 130 valence electrons. The second kappa shape index (κ2) is 10.1. The molecular formula is C18H24ClN3O2. The Hall–Kier alpha value is -1.85. The number of amides is 1. The highest BCUT2D eigenvalue weighted by molar-refractivity contribution is 6.17. The van der Waals surface area contributed by atoms with Gasteiger partial charge < -0.3 is 15.4 Å². The van der Waals surface area contributed by atoms with Crippen LogP contribution in [0.4, 0.5) is 11.4 Å². The van der Waals surface area contributed by atoms with Crippen molar-refractivity contribution in [2.75, 3.05) is 36.3 Å². The molecule has 2 N–H and O–H groups in total. The maximum Gasteiger partial charge on any atom is 0.250 e. The van der Waals surface area contributed by atoms with E-state index < -0.39 is 0 Å². The number of nitrogens with zero attached hydrogens (tertiary/aromatic N) is 1. The first kappa shape index (κ1) is 18.5. The van der Waals surface area contributed by atoms with E-state index in [1.807, 2.05) is 31.2 Å². The van der Waals surface area contributed by atoms with Gasteiger partial charge in [-0.2, -0.15) is 0 Å². The molecule has 1 aromatic heterocycles. The molecule has 6 heteroatoms. The highest BCUT2D eigenvalue weighted by Crippen LogP contribution is 2.29. The number of aromatic nitrogens is 1. The molecule has 1 heterocycles. The lowest BCUT2D eigenvalue weighted by Gasteiger charge is -2.15. The maximum atomic E-state index is 12.0. The number of alkyl halides is 1. The normalized spacial score (nSPS) is 10.8. The summed E-state index contributed by atoms with van der Waals surface area (Å²) >= 11 is 5.71. The molecule has 1 amide bonds. The zero-order valence-electron chi connectivity index (χ0n) is 14.0. The molecule has 0 aliphatic heterocycles. The summed E-state index contributed by atoms with van der Waals surface area (Å²) in [5.74, 6) is 0.510. The summed E-state index contributed by atoms with van der Waals surface area (Å²) in [7, 11) is 0. The van der Waals surface area contributed by atoms with Gasteiger partial charge in [-0.05, 0) is 25.8 Å². The first-order valence-electron chi connectivity index (χ1n) is 8.31. The van der Waals surface area contributed by atoms with E-state index >= 15 is 0 Å². The number of halogens is 1. The summed E-state index contributed by atoms with van der Waals surface area (Å²) in [5, 5.41) is 7.31. The number of benzene rings is 1. The molecule has 0 spiro atoms. The molecule has 24 heavy (non-hydrogen) atoms. The number of fused-ring (bicyclic) bond motifs is 1. The third-order valence-corrected chi connectivity index (χ3v) is 3.87. The van der Waals surface area contributed by atoms with Crippen LogP contribution < -0.4 is 10.6 Å². The summed E-state index contributed by atoms with van der Waals surface area (Å²) in [6.07, 6.45) is 4.80. The van der Waals surface area contributed by atoms with E-state index in [1.54, 1.807) is 6.20 Å². The molecule has 0 aliphatic carbocycles. The van der Waals surface area contributed by atoms with E-state index in [4.69, 9.17) is 16.3 Å². The molecule has 0 radical (unpaired) electrons. The Morgan fingerprint density at radius 1 is 1.25 bits per heavy atom. The SMILES string of the molecule is CCOCC(=O)Nc1cnc2ccccc2c1NCCCCCCl. The number of hydrogen-bond donors (Lipinski definition) is 2. The molecule has 5 nitrogen and oxygen atoms in total. The van der Waals surface area contributed by atoms with Gasteiger partial charge in [-0.1, -0.05) is 24.6 Å². The Morgan fingerprint density at radius 2 is 2.08 bits per heavy atom. The first-order chi connectivity index (χ1) is 11.8. The van der Waals surface area contributed by atoms with E-state index in [9.17, 15) is 4.79 Å². The fourth-order valence-electron chi connectivity index (χ4n) is 2.42. The lowest BCUT2D eigenvalue weighted by molar-refractivity contribution is -0.120. The summed E-state index contributed by atoms with van der Waals surface area (Å²) < 4.78 is 5.15. The molecule has 0 aliphatic rings. The fraction of sp³-hybridized carbons (Fsp3) is 0.444. The second-order valence-electron chi connectivity index (χ2n) is 5.43. The van der Waals surface area contributed by atoms with Crippen molar-refractivity contribution in [3.8, 4) is 0 Å². The molecule has 0 unspecified atom stereocenters. The number of rotatable bonds is 10. The average Bonchev–Trinajstić information content (AvgIpc) is 2.61. The van der Waals surface area contributed by atoms with E-state index in [-0.39, 0.29) is 12.5 Å². The molecule has 1 aromatic carbocycles. The van der Waals surface area contributed by atoms with Gasteiger partial charge in [-0.15, -0.1) is 11.6 Å².